The molecule has 1 fully saturated rings. The van der Waals surface area contributed by atoms with Crippen LogP contribution in [0.5, 0.6) is 5.75 Å². The molecular weight excluding hydrogens is 442 g/mol. The predicted molar refractivity (Wildman–Crippen MR) is 126 cm³/mol. The molecule has 33 heavy (non-hydrogen) atoms. The summed E-state index contributed by atoms with van der Waals surface area (Å²) in [6.07, 6.45) is 2.99. The molecular formula is C24H29N3O5S. The van der Waals surface area contributed by atoms with Crippen LogP contribution in [-0.2, 0) is 26.0 Å². The Morgan fingerprint density at radius 1 is 1.15 bits per heavy atom. The third-order valence-electron chi connectivity index (χ3n) is 6.03. The molecule has 1 saturated heterocycles. The topological polar surface area (TPSA) is 105 Å². The van der Waals surface area contributed by atoms with Crippen LogP contribution in [0.2, 0.25) is 0 Å². The van der Waals surface area contributed by atoms with Gasteiger partial charge in [-0.05, 0) is 80.6 Å². The Bertz CT molecular complexity index is 1130. The summed E-state index contributed by atoms with van der Waals surface area (Å²) in [5.74, 6) is 0.0523. The highest BCUT2D eigenvalue weighted by molar-refractivity contribution is 7.89. The molecule has 0 aromatic heterocycles. The molecule has 0 unspecified atom stereocenters. The third-order valence-corrected chi connectivity index (χ3v) is 7.89. The Kier molecular flexibility index (Phi) is 6.99. The maximum atomic E-state index is 13.3. The number of carbonyl (C=O) groups is 2. The molecule has 2 aromatic rings. The summed E-state index contributed by atoms with van der Waals surface area (Å²) in [7, 11) is -3.75. The van der Waals surface area contributed by atoms with Crippen LogP contribution in [0, 0.1) is 5.92 Å². The van der Waals surface area contributed by atoms with Crippen LogP contribution >= 0.6 is 0 Å². The summed E-state index contributed by atoms with van der Waals surface area (Å²) >= 11 is 0. The van der Waals surface area contributed by atoms with Crippen molar-refractivity contribution < 1.29 is 22.7 Å². The summed E-state index contributed by atoms with van der Waals surface area (Å²) in [4.78, 5) is 24.8. The molecule has 2 amide bonds. The van der Waals surface area contributed by atoms with Crippen LogP contribution in [0.3, 0.4) is 0 Å². The molecule has 0 spiro atoms. The zero-order valence-corrected chi connectivity index (χ0v) is 19.5. The van der Waals surface area contributed by atoms with Gasteiger partial charge in [-0.25, -0.2) is 8.42 Å². The van der Waals surface area contributed by atoms with Gasteiger partial charge in [0, 0.05) is 30.9 Å². The zero-order chi connectivity index (χ0) is 23.4. The van der Waals surface area contributed by atoms with Gasteiger partial charge in [-0.15, -0.1) is 0 Å². The smallest absolute Gasteiger partial charge is 0.243 e. The molecule has 8 nitrogen and oxygen atoms in total. The largest absolute Gasteiger partial charge is 0.494 e. The second kappa shape index (κ2) is 9.93. The first kappa shape index (κ1) is 23.3. The molecule has 0 saturated carbocycles. The van der Waals surface area contributed by atoms with Crippen molar-refractivity contribution in [1.82, 2.24) is 4.31 Å². The number of piperidine rings is 1. The van der Waals surface area contributed by atoms with Gasteiger partial charge in [0.25, 0.3) is 0 Å². The zero-order valence-electron chi connectivity index (χ0n) is 18.7. The van der Waals surface area contributed by atoms with Crippen molar-refractivity contribution in [1.29, 1.82) is 0 Å². The van der Waals surface area contributed by atoms with Gasteiger partial charge in [-0.3, -0.25) is 9.59 Å². The fourth-order valence-electron chi connectivity index (χ4n) is 4.28. The summed E-state index contributed by atoms with van der Waals surface area (Å²) in [5, 5.41) is 5.72. The number of rotatable bonds is 6. The van der Waals surface area contributed by atoms with Crippen molar-refractivity contribution in [2.45, 2.75) is 43.9 Å². The Balaban J connectivity index is 1.45. The molecule has 2 aromatic carbocycles. The molecule has 0 bridgehead atoms. The first-order valence-corrected chi connectivity index (χ1v) is 12.8. The average Bonchev–Trinajstić information content (AvgIpc) is 3.00. The number of anilines is 2. The number of hydrogen-bond acceptors (Lipinski definition) is 5. The lowest BCUT2D eigenvalue weighted by molar-refractivity contribution is -0.121. The minimum atomic E-state index is -3.75. The van der Waals surface area contributed by atoms with Crippen LogP contribution in [0.1, 0.15) is 38.2 Å². The monoisotopic (exact) mass is 471 g/mol. The Labute approximate surface area is 194 Å². The highest BCUT2D eigenvalue weighted by Crippen LogP contribution is 2.29. The number of hydrogen-bond donors (Lipinski definition) is 2. The van der Waals surface area contributed by atoms with Crippen LogP contribution in [0.4, 0.5) is 11.4 Å². The van der Waals surface area contributed by atoms with Gasteiger partial charge in [-0.1, -0.05) is 0 Å². The molecule has 176 valence electrons. The van der Waals surface area contributed by atoms with E-state index >= 15 is 0 Å². The van der Waals surface area contributed by atoms with E-state index in [1.807, 2.05) is 6.92 Å². The first-order chi connectivity index (χ1) is 15.9. The lowest BCUT2D eigenvalue weighted by Crippen LogP contribution is -2.43. The Morgan fingerprint density at radius 3 is 2.70 bits per heavy atom. The normalized spacial score (nSPS) is 19.2. The quantitative estimate of drug-likeness (QED) is 0.672. The molecule has 9 heteroatoms. The number of nitrogens with zero attached hydrogens (tertiary/aromatic N) is 1. The standard InChI is InChI=1S/C24H29N3O5S/c1-2-32-20-10-8-19(9-11-20)25-24(29)18-6-4-14-27(16-18)33(30,31)21-12-13-22-17(15-21)5-3-7-23(28)26-22/h8-13,15,18H,2-7,14,16H2,1H3,(H,25,29)(H,26,28)/t18-/m0/s1. The van der Waals surface area contributed by atoms with E-state index in [4.69, 9.17) is 4.74 Å². The maximum absolute atomic E-state index is 13.3. The van der Waals surface area contributed by atoms with Gasteiger partial charge < -0.3 is 15.4 Å². The molecule has 0 radical (unpaired) electrons. The molecule has 2 heterocycles. The van der Waals surface area contributed by atoms with Crippen LogP contribution in [-0.4, -0.2) is 44.2 Å². The van der Waals surface area contributed by atoms with E-state index in [9.17, 15) is 18.0 Å². The summed E-state index contributed by atoms with van der Waals surface area (Å²) < 4.78 is 33.5. The highest BCUT2D eigenvalue weighted by Gasteiger charge is 2.33. The second-order valence-electron chi connectivity index (χ2n) is 8.37. The molecule has 2 aliphatic heterocycles. The number of sulfonamides is 1. The van der Waals surface area contributed by atoms with Crippen molar-refractivity contribution in [3.05, 3.63) is 48.0 Å². The van der Waals surface area contributed by atoms with Gasteiger partial charge in [0.2, 0.25) is 21.8 Å². The molecule has 2 aliphatic rings. The fourth-order valence-corrected chi connectivity index (χ4v) is 5.86. The lowest BCUT2D eigenvalue weighted by atomic mass is 9.99. The van der Waals surface area contributed by atoms with Crippen LogP contribution in [0.25, 0.3) is 0 Å². The lowest BCUT2D eigenvalue weighted by Gasteiger charge is -2.31. The van der Waals surface area contributed by atoms with Crippen molar-refractivity contribution in [3.8, 4) is 5.75 Å². The molecule has 2 N–H and O–H groups in total. The van der Waals surface area contributed by atoms with Crippen molar-refractivity contribution in [2.75, 3.05) is 30.3 Å². The summed E-state index contributed by atoms with van der Waals surface area (Å²) in [5.41, 5.74) is 2.14. The van der Waals surface area contributed by atoms with E-state index in [1.54, 1.807) is 36.4 Å². The second-order valence-corrected chi connectivity index (χ2v) is 10.3. The maximum Gasteiger partial charge on any atom is 0.243 e. The Hall–Kier alpha value is -2.91. The van der Waals surface area contributed by atoms with E-state index < -0.39 is 15.9 Å². The van der Waals surface area contributed by atoms with E-state index in [1.165, 1.54) is 10.4 Å². The van der Waals surface area contributed by atoms with E-state index in [0.29, 0.717) is 56.6 Å². The summed E-state index contributed by atoms with van der Waals surface area (Å²) in [6.45, 7) is 2.99. The van der Waals surface area contributed by atoms with Crippen molar-refractivity contribution >= 4 is 33.2 Å². The van der Waals surface area contributed by atoms with E-state index in [0.717, 1.165) is 11.3 Å². The van der Waals surface area contributed by atoms with Gasteiger partial charge in [-0.2, -0.15) is 4.31 Å². The number of nitrogens with one attached hydrogen (secondary N) is 2. The molecule has 1 atom stereocenters. The van der Waals surface area contributed by atoms with Crippen molar-refractivity contribution in [3.63, 3.8) is 0 Å². The minimum Gasteiger partial charge on any atom is -0.494 e. The van der Waals surface area contributed by atoms with Crippen LogP contribution in [0.15, 0.2) is 47.4 Å². The van der Waals surface area contributed by atoms with Gasteiger partial charge in [0.15, 0.2) is 0 Å². The first-order valence-electron chi connectivity index (χ1n) is 11.3. The SMILES string of the molecule is CCOc1ccc(NC(=O)[C@H]2CCCN(S(=O)(=O)c3ccc4c(c3)CCCC(=O)N4)C2)cc1. The minimum absolute atomic E-state index is 0.0539. The third kappa shape index (κ3) is 5.36. The fraction of sp³-hybridized carbons (Fsp3) is 0.417. The van der Waals surface area contributed by atoms with E-state index in [2.05, 4.69) is 10.6 Å². The van der Waals surface area contributed by atoms with E-state index in [-0.39, 0.29) is 23.3 Å². The highest BCUT2D eigenvalue weighted by atomic mass is 32.2. The summed E-state index contributed by atoms with van der Waals surface area (Å²) in [6, 6.07) is 12.0. The number of benzene rings is 2. The Morgan fingerprint density at radius 2 is 1.94 bits per heavy atom. The molecule has 4 rings (SSSR count). The van der Waals surface area contributed by atoms with Gasteiger partial charge >= 0.3 is 0 Å². The number of carbonyl (C=O) groups excluding carboxylic acids is 2. The van der Waals surface area contributed by atoms with Gasteiger partial charge in [0.1, 0.15) is 5.75 Å². The van der Waals surface area contributed by atoms with Crippen molar-refractivity contribution in [2.24, 2.45) is 5.92 Å². The number of amides is 2. The van der Waals surface area contributed by atoms with Gasteiger partial charge in [0.05, 0.1) is 17.4 Å². The number of ether oxygens (including phenoxy) is 1. The van der Waals surface area contributed by atoms with Crippen LogP contribution < -0.4 is 15.4 Å². The predicted octanol–water partition coefficient (Wildman–Crippen LogP) is 3.40. The number of fused-ring (bicyclic) bond motifs is 1. The number of aryl methyl sites for hydroxylation is 1. The average molecular weight is 472 g/mol. The molecule has 0 aliphatic carbocycles.